The Balaban J connectivity index is 2.13. The zero-order valence-corrected chi connectivity index (χ0v) is 15.6. The molecule has 6 nitrogen and oxygen atoms in total. The average molecular weight is 364 g/mol. The number of hydrogen-bond donors (Lipinski definition) is 0. The van der Waals surface area contributed by atoms with Gasteiger partial charge < -0.3 is 9.30 Å². The maximum atomic E-state index is 12.6. The summed E-state index contributed by atoms with van der Waals surface area (Å²) in [7, 11) is -3.59. The normalized spacial score (nSPS) is 11.7. The molecule has 0 bridgehead atoms. The molecule has 0 radical (unpaired) electrons. The van der Waals surface area contributed by atoms with Gasteiger partial charge in [-0.3, -0.25) is 4.79 Å². The van der Waals surface area contributed by atoms with E-state index >= 15 is 0 Å². The van der Waals surface area contributed by atoms with Crippen molar-refractivity contribution >= 4 is 10.0 Å². The molecule has 0 fully saturated rings. The highest BCUT2D eigenvalue weighted by Gasteiger charge is 2.22. The Morgan fingerprint density at radius 3 is 2.28 bits per heavy atom. The van der Waals surface area contributed by atoms with Crippen LogP contribution < -0.4 is 10.3 Å². The lowest BCUT2D eigenvalue weighted by molar-refractivity contribution is 0.295. The van der Waals surface area contributed by atoms with Crippen LogP contribution in [0.4, 0.5) is 0 Å². The second-order valence-electron chi connectivity index (χ2n) is 5.65. The third-order valence-electron chi connectivity index (χ3n) is 3.92. The fourth-order valence-electron chi connectivity index (χ4n) is 2.45. The Kier molecular flexibility index (Phi) is 6.39. The van der Waals surface area contributed by atoms with Gasteiger partial charge in [0.05, 0.1) is 11.4 Å². The first-order valence-electron chi connectivity index (χ1n) is 8.28. The summed E-state index contributed by atoms with van der Waals surface area (Å²) >= 11 is 0. The fraction of sp³-hybridized carbons (Fsp3) is 0.389. The van der Waals surface area contributed by atoms with Crippen LogP contribution in [-0.4, -0.2) is 37.0 Å². The van der Waals surface area contributed by atoms with Gasteiger partial charge in [0.2, 0.25) is 10.0 Å². The van der Waals surface area contributed by atoms with E-state index < -0.39 is 10.0 Å². The number of nitrogens with zero attached hydrogens (tertiary/aromatic N) is 2. The number of aryl methyl sites for hydroxylation is 1. The molecule has 7 heteroatoms. The molecule has 0 aliphatic carbocycles. The van der Waals surface area contributed by atoms with Crippen LogP contribution in [0.1, 0.15) is 19.4 Å². The molecule has 136 valence electrons. The molecule has 1 heterocycles. The molecule has 0 atom stereocenters. The molecule has 1 aromatic carbocycles. The van der Waals surface area contributed by atoms with Crippen LogP contribution in [0.2, 0.25) is 0 Å². The van der Waals surface area contributed by atoms with Crippen molar-refractivity contribution in [3.63, 3.8) is 0 Å². The molecule has 2 rings (SSSR count). The van der Waals surface area contributed by atoms with Crippen molar-refractivity contribution < 1.29 is 13.2 Å². The van der Waals surface area contributed by atoms with Crippen LogP contribution in [0.3, 0.4) is 0 Å². The zero-order chi connectivity index (χ0) is 18.4. The third-order valence-corrected chi connectivity index (χ3v) is 5.95. The maximum Gasteiger partial charge on any atom is 0.250 e. The molecular weight excluding hydrogens is 340 g/mol. The van der Waals surface area contributed by atoms with Gasteiger partial charge in [0, 0.05) is 25.4 Å². The average Bonchev–Trinajstić information content (AvgIpc) is 2.59. The van der Waals surface area contributed by atoms with E-state index in [9.17, 15) is 13.2 Å². The highest BCUT2D eigenvalue weighted by atomic mass is 32.2. The van der Waals surface area contributed by atoms with Gasteiger partial charge in [-0.15, -0.1) is 0 Å². The number of rotatable bonds is 8. The summed E-state index contributed by atoms with van der Waals surface area (Å²) in [6.45, 7) is 6.87. The smallest absolute Gasteiger partial charge is 0.250 e. The molecule has 0 saturated heterocycles. The van der Waals surface area contributed by atoms with E-state index in [2.05, 4.69) is 0 Å². The predicted octanol–water partition coefficient (Wildman–Crippen LogP) is 2.27. The minimum Gasteiger partial charge on any atom is -0.492 e. The summed E-state index contributed by atoms with van der Waals surface area (Å²) < 4.78 is 33.5. The molecule has 0 aliphatic heterocycles. The number of aromatic nitrogens is 1. The number of hydrogen-bond acceptors (Lipinski definition) is 4. The van der Waals surface area contributed by atoms with Crippen molar-refractivity contribution in [2.75, 3.05) is 19.7 Å². The first kappa shape index (κ1) is 19.2. The lowest BCUT2D eigenvalue weighted by atomic mass is 10.2. The van der Waals surface area contributed by atoms with Gasteiger partial charge in [-0.05, 0) is 25.1 Å². The Hall–Kier alpha value is -2.12. The van der Waals surface area contributed by atoms with Crippen LogP contribution >= 0.6 is 0 Å². The number of ether oxygens (including phenoxy) is 1. The molecule has 25 heavy (non-hydrogen) atoms. The number of pyridine rings is 1. The molecule has 0 unspecified atom stereocenters. The second-order valence-corrected chi connectivity index (χ2v) is 7.59. The Morgan fingerprint density at radius 1 is 1.04 bits per heavy atom. The summed E-state index contributed by atoms with van der Waals surface area (Å²) in [4.78, 5) is 12.1. The summed E-state index contributed by atoms with van der Waals surface area (Å²) in [6.07, 6.45) is 1.38. The van der Waals surface area contributed by atoms with Crippen molar-refractivity contribution in [2.24, 2.45) is 0 Å². The standard InChI is InChI=1S/C18H24N2O4S/c1-4-20(5-2)25(22,23)17-10-11-18(21)19(14-17)12-13-24-16-8-6-15(3)7-9-16/h6-11,14H,4-5,12-13H2,1-3H3. The van der Waals surface area contributed by atoms with Crippen molar-refractivity contribution in [1.29, 1.82) is 0 Å². The predicted molar refractivity (Wildman–Crippen MR) is 97.5 cm³/mol. The van der Waals surface area contributed by atoms with Crippen LogP contribution in [0.15, 0.2) is 52.3 Å². The van der Waals surface area contributed by atoms with Crippen molar-refractivity contribution in [3.8, 4) is 5.75 Å². The van der Waals surface area contributed by atoms with Gasteiger partial charge >= 0.3 is 0 Å². The number of sulfonamides is 1. The third kappa shape index (κ3) is 4.70. The molecule has 0 spiro atoms. The summed E-state index contributed by atoms with van der Waals surface area (Å²) in [6, 6.07) is 10.2. The monoisotopic (exact) mass is 364 g/mol. The van der Waals surface area contributed by atoms with Gasteiger partial charge in [0.15, 0.2) is 0 Å². The molecule has 0 N–H and O–H groups in total. The van der Waals surface area contributed by atoms with Gasteiger partial charge in [-0.25, -0.2) is 8.42 Å². The molecule has 1 aromatic heterocycles. The Bertz CT molecular complexity index is 853. The van der Waals surface area contributed by atoms with Crippen LogP contribution in [0.25, 0.3) is 0 Å². The van der Waals surface area contributed by atoms with E-state index in [1.165, 1.54) is 27.2 Å². The van der Waals surface area contributed by atoms with E-state index in [1.54, 1.807) is 13.8 Å². The largest absolute Gasteiger partial charge is 0.492 e. The van der Waals surface area contributed by atoms with Crippen LogP contribution in [0.5, 0.6) is 5.75 Å². The lowest BCUT2D eigenvalue weighted by Gasteiger charge is -2.19. The van der Waals surface area contributed by atoms with Gasteiger partial charge in [-0.1, -0.05) is 31.5 Å². The minimum absolute atomic E-state index is 0.117. The number of benzene rings is 1. The van der Waals surface area contributed by atoms with E-state index in [4.69, 9.17) is 4.74 Å². The van der Waals surface area contributed by atoms with E-state index in [0.717, 1.165) is 5.56 Å². The van der Waals surface area contributed by atoms with Crippen molar-refractivity contribution in [2.45, 2.75) is 32.2 Å². The van der Waals surface area contributed by atoms with E-state index in [1.807, 2.05) is 31.2 Å². The summed E-state index contributed by atoms with van der Waals surface area (Å²) in [5.41, 5.74) is 0.879. The SMILES string of the molecule is CCN(CC)S(=O)(=O)c1ccc(=O)n(CCOc2ccc(C)cc2)c1. The molecule has 0 saturated carbocycles. The highest BCUT2D eigenvalue weighted by Crippen LogP contribution is 2.14. The topological polar surface area (TPSA) is 68.6 Å². The summed E-state index contributed by atoms with van der Waals surface area (Å²) in [5, 5.41) is 0. The first-order chi connectivity index (χ1) is 11.9. The minimum atomic E-state index is -3.59. The molecular formula is C18H24N2O4S. The summed E-state index contributed by atoms with van der Waals surface area (Å²) in [5.74, 6) is 0.713. The van der Waals surface area contributed by atoms with Gasteiger partial charge in [0.1, 0.15) is 12.4 Å². The molecule has 0 amide bonds. The Morgan fingerprint density at radius 2 is 1.68 bits per heavy atom. The van der Waals surface area contributed by atoms with E-state index in [0.29, 0.717) is 18.8 Å². The first-order valence-corrected chi connectivity index (χ1v) is 9.72. The van der Waals surface area contributed by atoms with Crippen molar-refractivity contribution in [3.05, 3.63) is 58.5 Å². The molecule has 0 aliphatic rings. The van der Waals surface area contributed by atoms with Gasteiger partial charge in [-0.2, -0.15) is 4.31 Å². The zero-order valence-electron chi connectivity index (χ0n) is 14.8. The second kappa shape index (κ2) is 8.31. The lowest BCUT2D eigenvalue weighted by Crippen LogP contribution is -2.32. The molecule has 2 aromatic rings. The van der Waals surface area contributed by atoms with Crippen molar-refractivity contribution in [1.82, 2.24) is 8.87 Å². The van der Waals surface area contributed by atoms with Crippen LogP contribution in [-0.2, 0) is 16.6 Å². The quantitative estimate of drug-likeness (QED) is 0.721. The van der Waals surface area contributed by atoms with Crippen LogP contribution in [0, 0.1) is 6.92 Å². The maximum absolute atomic E-state index is 12.6. The Labute approximate surface area is 148 Å². The fourth-order valence-corrected chi connectivity index (χ4v) is 3.92. The van der Waals surface area contributed by atoms with Gasteiger partial charge in [0.25, 0.3) is 5.56 Å². The van der Waals surface area contributed by atoms with E-state index in [-0.39, 0.29) is 23.6 Å². The highest BCUT2D eigenvalue weighted by molar-refractivity contribution is 7.89.